The van der Waals surface area contributed by atoms with Crippen LogP contribution in [-0.2, 0) is 18.3 Å². The number of aliphatic hydroxyl groups excluding tert-OH is 1. The highest BCUT2D eigenvalue weighted by Crippen LogP contribution is 2.27. The van der Waals surface area contributed by atoms with Crippen molar-refractivity contribution in [3.63, 3.8) is 0 Å². The van der Waals surface area contributed by atoms with Crippen LogP contribution in [0.3, 0.4) is 0 Å². The standard InChI is InChI=1S/C8H17ClO5P.C2H5Cl/c1-3-7(10)13-8(4-2)14-15(11)12-6-5-9;1-2-3/h7-8,10H,3-6H2,1-2H3;2H2,1H3/q+1;. The third-order valence-electron chi connectivity index (χ3n) is 1.47. The molecule has 0 saturated carbocycles. The molecule has 0 amide bonds. The van der Waals surface area contributed by atoms with E-state index in [9.17, 15) is 9.67 Å². The summed E-state index contributed by atoms with van der Waals surface area (Å²) in [5.41, 5.74) is 0. The van der Waals surface area contributed by atoms with Crippen LogP contribution in [-0.4, -0.2) is 36.1 Å². The molecule has 0 aromatic carbocycles. The lowest BCUT2D eigenvalue weighted by Crippen LogP contribution is -2.21. The van der Waals surface area contributed by atoms with Crippen LogP contribution in [0.2, 0.25) is 0 Å². The third-order valence-corrected chi connectivity index (χ3v) is 2.42. The Labute approximate surface area is 120 Å². The minimum atomic E-state index is -2.24. The van der Waals surface area contributed by atoms with Crippen molar-refractivity contribution in [2.24, 2.45) is 0 Å². The molecule has 0 radical (unpaired) electrons. The summed E-state index contributed by atoms with van der Waals surface area (Å²) in [5, 5.41) is 9.19. The lowest BCUT2D eigenvalue weighted by atomic mass is 10.4. The zero-order chi connectivity index (χ0) is 14.4. The van der Waals surface area contributed by atoms with Crippen molar-refractivity contribution >= 4 is 31.5 Å². The summed E-state index contributed by atoms with van der Waals surface area (Å²) in [6, 6.07) is 0. The van der Waals surface area contributed by atoms with Crippen LogP contribution in [0.25, 0.3) is 0 Å². The van der Waals surface area contributed by atoms with Gasteiger partial charge in [0.1, 0.15) is 6.61 Å². The van der Waals surface area contributed by atoms with Crippen molar-refractivity contribution in [2.45, 2.75) is 46.2 Å². The molecule has 5 nitrogen and oxygen atoms in total. The quantitative estimate of drug-likeness (QED) is 0.398. The van der Waals surface area contributed by atoms with E-state index in [-0.39, 0.29) is 12.5 Å². The highest BCUT2D eigenvalue weighted by Gasteiger charge is 2.28. The summed E-state index contributed by atoms with van der Waals surface area (Å²) >= 11 is 10.3. The minimum absolute atomic E-state index is 0.156. The maximum Gasteiger partial charge on any atom is 0.700 e. The predicted octanol–water partition coefficient (Wildman–Crippen LogP) is 3.64. The molecule has 3 unspecified atom stereocenters. The van der Waals surface area contributed by atoms with Crippen LogP contribution in [0.15, 0.2) is 0 Å². The zero-order valence-corrected chi connectivity index (χ0v) is 13.4. The summed E-state index contributed by atoms with van der Waals surface area (Å²) in [5.74, 6) is 0.972. The van der Waals surface area contributed by atoms with Gasteiger partial charge in [0, 0.05) is 16.9 Å². The molecule has 0 aliphatic rings. The molecule has 0 fully saturated rings. The summed E-state index contributed by atoms with van der Waals surface area (Å²) in [4.78, 5) is 0. The van der Waals surface area contributed by atoms with E-state index in [1.807, 2.05) is 6.92 Å². The van der Waals surface area contributed by atoms with Crippen LogP contribution in [0.1, 0.15) is 33.6 Å². The van der Waals surface area contributed by atoms with Crippen molar-refractivity contribution in [2.75, 3.05) is 18.4 Å². The van der Waals surface area contributed by atoms with Gasteiger partial charge in [-0.25, -0.2) is 0 Å². The molecule has 0 bridgehead atoms. The van der Waals surface area contributed by atoms with Gasteiger partial charge < -0.3 is 9.84 Å². The lowest BCUT2D eigenvalue weighted by molar-refractivity contribution is -0.198. The molecule has 0 aromatic rings. The van der Waals surface area contributed by atoms with Crippen molar-refractivity contribution in [1.29, 1.82) is 0 Å². The van der Waals surface area contributed by atoms with E-state index in [1.54, 1.807) is 13.8 Å². The van der Waals surface area contributed by atoms with Crippen molar-refractivity contribution in [1.82, 2.24) is 0 Å². The first kappa shape index (κ1) is 20.8. The van der Waals surface area contributed by atoms with Gasteiger partial charge in [-0.05, 0) is 6.42 Å². The number of alkyl halides is 2. The van der Waals surface area contributed by atoms with E-state index in [1.165, 1.54) is 0 Å². The molecule has 3 atom stereocenters. The number of ether oxygens (including phenoxy) is 1. The SMILES string of the molecule is CCC(O)OC(CC)O[P+](=O)OCCCl.CCCl. The molecule has 110 valence electrons. The van der Waals surface area contributed by atoms with Crippen LogP contribution < -0.4 is 0 Å². The number of hydrogen-bond donors (Lipinski definition) is 1. The molecular weight excluding hydrogens is 302 g/mol. The van der Waals surface area contributed by atoms with Crippen molar-refractivity contribution in [3.8, 4) is 0 Å². The van der Waals surface area contributed by atoms with Crippen LogP contribution >= 0.6 is 31.5 Å². The normalized spacial score (nSPS) is 14.4. The molecule has 0 aliphatic carbocycles. The Balaban J connectivity index is 0. The van der Waals surface area contributed by atoms with E-state index in [2.05, 4.69) is 0 Å². The molecular formula is C10H22Cl2O5P+. The maximum absolute atomic E-state index is 11.1. The fourth-order valence-electron chi connectivity index (χ4n) is 0.702. The Kier molecular flexibility index (Phi) is 18.0. The minimum Gasteiger partial charge on any atom is -0.368 e. The van der Waals surface area contributed by atoms with Gasteiger partial charge in [0.15, 0.2) is 6.29 Å². The van der Waals surface area contributed by atoms with Gasteiger partial charge in [-0.15, -0.1) is 27.7 Å². The largest absolute Gasteiger partial charge is 0.700 e. The second-order valence-corrected chi connectivity index (χ2v) is 4.78. The van der Waals surface area contributed by atoms with E-state index in [0.29, 0.717) is 12.8 Å². The molecule has 0 aliphatic heterocycles. The predicted molar refractivity (Wildman–Crippen MR) is 73.2 cm³/mol. The van der Waals surface area contributed by atoms with Gasteiger partial charge in [0.05, 0.1) is 5.88 Å². The Bertz CT molecular complexity index is 197. The first-order valence-electron chi connectivity index (χ1n) is 5.77. The second kappa shape index (κ2) is 15.6. The molecule has 8 heteroatoms. The van der Waals surface area contributed by atoms with E-state index < -0.39 is 20.8 Å². The van der Waals surface area contributed by atoms with Gasteiger partial charge in [0.2, 0.25) is 6.29 Å². The third kappa shape index (κ3) is 14.6. The fraction of sp³-hybridized carbons (Fsp3) is 1.00. The molecule has 0 rings (SSSR count). The van der Waals surface area contributed by atoms with Crippen LogP contribution in [0.5, 0.6) is 0 Å². The second-order valence-electron chi connectivity index (χ2n) is 2.96. The molecule has 0 spiro atoms. The van der Waals surface area contributed by atoms with Crippen molar-refractivity contribution in [3.05, 3.63) is 0 Å². The summed E-state index contributed by atoms with van der Waals surface area (Å²) < 4.78 is 25.8. The first-order chi connectivity index (χ1) is 8.55. The highest BCUT2D eigenvalue weighted by atomic mass is 35.5. The van der Waals surface area contributed by atoms with Crippen molar-refractivity contribution < 1.29 is 23.5 Å². The molecule has 0 aromatic heterocycles. The highest BCUT2D eigenvalue weighted by molar-refractivity contribution is 7.33. The Morgan fingerprint density at radius 2 is 1.78 bits per heavy atom. The summed E-state index contributed by atoms with van der Waals surface area (Å²) in [7, 11) is -2.24. The van der Waals surface area contributed by atoms with E-state index >= 15 is 0 Å². The molecule has 0 heterocycles. The lowest BCUT2D eigenvalue weighted by Gasteiger charge is -2.13. The van der Waals surface area contributed by atoms with Crippen LogP contribution in [0.4, 0.5) is 0 Å². The Morgan fingerprint density at radius 3 is 2.17 bits per heavy atom. The fourth-order valence-corrected chi connectivity index (χ4v) is 1.58. The number of aliphatic hydroxyl groups is 1. The van der Waals surface area contributed by atoms with Gasteiger partial charge in [-0.3, -0.25) is 0 Å². The van der Waals surface area contributed by atoms with Gasteiger partial charge in [-0.1, -0.05) is 25.3 Å². The van der Waals surface area contributed by atoms with Crippen LogP contribution in [0, 0.1) is 0 Å². The number of halogens is 2. The molecule has 18 heavy (non-hydrogen) atoms. The monoisotopic (exact) mass is 323 g/mol. The number of hydrogen-bond acceptors (Lipinski definition) is 5. The molecule has 0 saturated heterocycles. The first-order valence-corrected chi connectivity index (χ1v) is 7.94. The zero-order valence-electron chi connectivity index (χ0n) is 11.0. The summed E-state index contributed by atoms with van der Waals surface area (Å²) in [6.07, 6.45) is -0.716. The Hall–Kier alpha value is 0.520. The van der Waals surface area contributed by atoms with E-state index in [4.69, 9.17) is 37.0 Å². The Morgan fingerprint density at radius 1 is 1.22 bits per heavy atom. The topological polar surface area (TPSA) is 65.0 Å². The maximum atomic E-state index is 11.1. The number of rotatable bonds is 9. The van der Waals surface area contributed by atoms with E-state index in [0.717, 1.165) is 5.88 Å². The van der Waals surface area contributed by atoms with Gasteiger partial charge in [-0.2, -0.15) is 0 Å². The van der Waals surface area contributed by atoms with Gasteiger partial charge >= 0.3 is 8.25 Å². The smallest absolute Gasteiger partial charge is 0.368 e. The average Bonchev–Trinajstić information content (AvgIpc) is 2.36. The average molecular weight is 324 g/mol. The summed E-state index contributed by atoms with van der Waals surface area (Å²) in [6.45, 7) is 5.60. The molecule has 1 N–H and O–H groups in total. The van der Waals surface area contributed by atoms with Gasteiger partial charge in [0.25, 0.3) is 0 Å².